The number of sulfonamides is 1. The highest BCUT2D eigenvalue weighted by molar-refractivity contribution is 9.11. The van der Waals surface area contributed by atoms with Gasteiger partial charge < -0.3 is 5.73 Å². The predicted molar refractivity (Wildman–Crippen MR) is 77.3 cm³/mol. The summed E-state index contributed by atoms with van der Waals surface area (Å²) in [7, 11) is -3.31. The van der Waals surface area contributed by atoms with Gasteiger partial charge in [-0.2, -0.15) is 4.31 Å². The first kappa shape index (κ1) is 14.5. The topological polar surface area (TPSA) is 63.4 Å². The molecule has 1 aromatic heterocycles. The van der Waals surface area contributed by atoms with Gasteiger partial charge in [0.25, 0.3) is 10.0 Å². The number of nitrogens with zero attached hydrogens (tertiary/aromatic N) is 1. The number of hydrogen-bond donors (Lipinski definition) is 1. The van der Waals surface area contributed by atoms with Crippen LogP contribution in [0.15, 0.2) is 14.1 Å². The monoisotopic (exact) mass is 352 g/mol. The van der Waals surface area contributed by atoms with E-state index in [1.165, 1.54) is 11.3 Å². The molecular formula is C11H17BrN2O2S2. The van der Waals surface area contributed by atoms with Crippen molar-refractivity contribution < 1.29 is 8.42 Å². The molecule has 1 aromatic rings. The first-order valence-corrected chi connectivity index (χ1v) is 8.96. The van der Waals surface area contributed by atoms with E-state index in [9.17, 15) is 8.42 Å². The van der Waals surface area contributed by atoms with Crippen LogP contribution in [0.1, 0.15) is 18.4 Å². The molecule has 0 atom stereocenters. The number of hydrogen-bond acceptors (Lipinski definition) is 4. The summed E-state index contributed by atoms with van der Waals surface area (Å²) in [6.07, 6.45) is 1.72. The second-order valence-electron chi connectivity index (χ2n) is 4.61. The molecule has 0 amide bonds. The first-order chi connectivity index (χ1) is 8.45. The van der Waals surface area contributed by atoms with E-state index in [0.717, 1.165) is 22.2 Å². The van der Waals surface area contributed by atoms with Crippen molar-refractivity contribution in [3.05, 3.63) is 15.4 Å². The molecule has 1 saturated heterocycles. The molecule has 7 heteroatoms. The zero-order valence-electron chi connectivity index (χ0n) is 10.2. The first-order valence-electron chi connectivity index (χ1n) is 5.91. The van der Waals surface area contributed by atoms with E-state index in [-0.39, 0.29) is 0 Å². The molecule has 1 fully saturated rings. The van der Waals surface area contributed by atoms with E-state index >= 15 is 0 Å². The highest BCUT2D eigenvalue weighted by Gasteiger charge is 2.30. The average molecular weight is 353 g/mol. The van der Waals surface area contributed by atoms with Gasteiger partial charge in [0, 0.05) is 13.1 Å². The lowest BCUT2D eigenvalue weighted by Gasteiger charge is -2.30. The molecule has 0 aromatic carbocycles. The molecule has 0 spiro atoms. The van der Waals surface area contributed by atoms with Crippen LogP contribution in [0, 0.1) is 12.8 Å². The third-order valence-electron chi connectivity index (χ3n) is 3.34. The number of nitrogens with two attached hydrogens (primary N) is 1. The summed E-state index contributed by atoms with van der Waals surface area (Å²) in [4.78, 5) is 0. The number of halogens is 1. The highest BCUT2D eigenvalue weighted by atomic mass is 79.9. The van der Waals surface area contributed by atoms with E-state index in [1.807, 2.05) is 6.92 Å². The van der Waals surface area contributed by atoms with Gasteiger partial charge in [0.05, 0.1) is 3.79 Å². The van der Waals surface area contributed by atoms with Crippen molar-refractivity contribution in [1.82, 2.24) is 4.31 Å². The van der Waals surface area contributed by atoms with Gasteiger partial charge in [0.2, 0.25) is 0 Å². The largest absolute Gasteiger partial charge is 0.330 e. The number of thiophene rings is 1. The maximum Gasteiger partial charge on any atom is 0.252 e. The van der Waals surface area contributed by atoms with Gasteiger partial charge in [-0.1, -0.05) is 0 Å². The van der Waals surface area contributed by atoms with Crippen LogP contribution < -0.4 is 5.73 Å². The molecule has 0 aliphatic carbocycles. The van der Waals surface area contributed by atoms with Crippen molar-refractivity contribution in [3.8, 4) is 0 Å². The second-order valence-corrected chi connectivity index (χ2v) is 9.14. The molecule has 0 radical (unpaired) electrons. The maximum atomic E-state index is 12.4. The van der Waals surface area contributed by atoms with Crippen molar-refractivity contribution in [2.45, 2.75) is 24.0 Å². The fraction of sp³-hybridized carbons (Fsp3) is 0.636. The Morgan fingerprint density at radius 2 is 2.11 bits per heavy atom. The Hall–Kier alpha value is 0.0500. The fourth-order valence-electron chi connectivity index (χ4n) is 2.07. The maximum absolute atomic E-state index is 12.4. The van der Waals surface area contributed by atoms with Crippen LogP contribution in [0.25, 0.3) is 0 Å². The molecule has 18 heavy (non-hydrogen) atoms. The second kappa shape index (κ2) is 5.58. The SMILES string of the molecule is Cc1cc(S(=O)(=O)N2CCC(CN)CC2)sc1Br. The summed E-state index contributed by atoms with van der Waals surface area (Å²) in [5.74, 6) is 0.466. The Labute approximate surface area is 120 Å². The van der Waals surface area contributed by atoms with Crippen LogP contribution in [0.4, 0.5) is 0 Å². The molecule has 1 aliphatic heterocycles. The molecular weight excluding hydrogens is 336 g/mol. The van der Waals surface area contributed by atoms with Gasteiger partial charge in [0.15, 0.2) is 0 Å². The van der Waals surface area contributed by atoms with Crippen molar-refractivity contribution in [2.24, 2.45) is 11.7 Å². The average Bonchev–Trinajstić information content (AvgIpc) is 2.70. The Balaban J connectivity index is 2.17. The van der Waals surface area contributed by atoms with Gasteiger partial charge in [-0.05, 0) is 59.8 Å². The highest BCUT2D eigenvalue weighted by Crippen LogP contribution is 2.33. The molecule has 4 nitrogen and oxygen atoms in total. The summed E-state index contributed by atoms with van der Waals surface area (Å²) < 4.78 is 27.8. The normalized spacial score (nSPS) is 19.3. The van der Waals surface area contributed by atoms with E-state index in [4.69, 9.17) is 5.73 Å². The van der Waals surface area contributed by atoms with Gasteiger partial charge in [-0.25, -0.2) is 8.42 Å². The lowest BCUT2D eigenvalue weighted by Crippen LogP contribution is -2.39. The summed E-state index contributed by atoms with van der Waals surface area (Å²) in [6, 6.07) is 1.74. The number of aryl methyl sites for hydroxylation is 1. The van der Waals surface area contributed by atoms with Crippen LogP contribution >= 0.6 is 27.3 Å². The minimum atomic E-state index is -3.31. The van der Waals surface area contributed by atoms with Crippen molar-refractivity contribution >= 4 is 37.3 Å². The van der Waals surface area contributed by atoms with Crippen molar-refractivity contribution in [1.29, 1.82) is 0 Å². The Kier molecular flexibility index (Phi) is 4.48. The minimum absolute atomic E-state index is 0.429. The summed E-state index contributed by atoms with van der Waals surface area (Å²) >= 11 is 4.66. The van der Waals surface area contributed by atoms with Crippen molar-refractivity contribution in [2.75, 3.05) is 19.6 Å². The van der Waals surface area contributed by atoms with E-state index < -0.39 is 10.0 Å². The molecule has 0 bridgehead atoms. The summed E-state index contributed by atoms with van der Waals surface area (Å²) in [6.45, 7) is 3.72. The van der Waals surface area contributed by atoms with E-state index in [2.05, 4.69) is 15.9 Å². The third kappa shape index (κ3) is 2.80. The fourth-order valence-corrected chi connectivity index (χ4v) is 5.92. The summed E-state index contributed by atoms with van der Waals surface area (Å²) in [5, 5.41) is 0. The van der Waals surface area contributed by atoms with Gasteiger partial charge in [-0.15, -0.1) is 11.3 Å². The lowest BCUT2D eigenvalue weighted by atomic mass is 9.99. The van der Waals surface area contributed by atoms with Crippen molar-refractivity contribution in [3.63, 3.8) is 0 Å². The Morgan fingerprint density at radius 3 is 2.56 bits per heavy atom. The molecule has 2 N–H and O–H groups in total. The van der Waals surface area contributed by atoms with Crippen LogP contribution in [0.2, 0.25) is 0 Å². The molecule has 2 heterocycles. The van der Waals surface area contributed by atoms with Gasteiger partial charge in [-0.3, -0.25) is 0 Å². The standard InChI is InChI=1S/C11H17BrN2O2S2/c1-8-6-10(17-11(8)12)18(15,16)14-4-2-9(7-13)3-5-14/h6,9H,2-5,7,13H2,1H3. The molecule has 102 valence electrons. The molecule has 2 rings (SSSR count). The molecule has 0 saturated carbocycles. The summed E-state index contributed by atoms with van der Waals surface area (Å²) in [5.41, 5.74) is 6.59. The number of piperidine rings is 1. The lowest BCUT2D eigenvalue weighted by molar-refractivity contribution is 0.279. The minimum Gasteiger partial charge on any atom is -0.330 e. The Morgan fingerprint density at radius 1 is 1.50 bits per heavy atom. The van der Waals surface area contributed by atoms with Crippen LogP contribution in [-0.4, -0.2) is 32.4 Å². The predicted octanol–water partition coefficient (Wildman–Crippen LogP) is 2.18. The van der Waals surface area contributed by atoms with Crippen LogP contribution in [0.3, 0.4) is 0 Å². The van der Waals surface area contributed by atoms with Gasteiger partial charge >= 0.3 is 0 Å². The van der Waals surface area contributed by atoms with Crippen LogP contribution in [-0.2, 0) is 10.0 Å². The zero-order valence-corrected chi connectivity index (χ0v) is 13.4. The number of rotatable bonds is 3. The zero-order chi connectivity index (χ0) is 13.3. The molecule has 1 aliphatic rings. The third-order valence-corrected chi connectivity index (χ3v) is 7.82. The Bertz CT molecular complexity index is 500. The van der Waals surface area contributed by atoms with Crippen LogP contribution in [0.5, 0.6) is 0 Å². The van der Waals surface area contributed by atoms with E-state index in [0.29, 0.717) is 29.8 Å². The molecule has 0 unspecified atom stereocenters. The smallest absolute Gasteiger partial charge is 0.252 e. The van der Waals surface area contributed by atoms with E-state index in [1.54, 1.807) is 10.4 Å². The van der Waals surface area contributed by atoms with Gasteiger partial charge in [0.1, 0.15) is 4.21 Å². The quantitative estimate of drug-likeness (QED) is 0.906.